The van der Waals surface area contributed by atoms with Gasteiger partial charge in [-0.3, -0.25) is 9.59 Å². The third kappa shape index (κ3) is 36.8. The van der Waals surface area contributed by atoms with Gasteiger partial charge in [0, 0.05) is 6.42 Å². The molecule has 6 heteroatoms. The second-order valence-electron chi connectivity index (χ2n) is 15.4. The molecular formula is C47H87NO5. The largest absolute Gasteiger partial charge is 0.462 e. The van der Waals surface area contributed by atoms with Crippen LogP contribution in [-0.4, -0.2) is 46.9 Å². The minimum Gasteiger partial charge on any atom is -0.462 e. The van der Waals surface area contributed by atoms with E-state index >= 15 is 0 Å². The van der Waals surface area contributed by atoms with Gasteiger partial charge in [-0.1, -0.05) is 186 Å². The van der Waals surface area contributed by atoms with Crippen LogP contribution < -0.4 is 5.32 Å². The van der Waals surface area contributed by atoms with Crippen LogP contribution in [0.1, 0.15) is 226 Å². The molecule has 0 aromatic heterocycles. The Morgan fingerprint density at radius 2 is 1.00 bits per heavy atom. The highest BCUT2D eigenvalue weighted by atomic mass is 16.5. The van der Waals surface area contributed by atoms with Crippen molar-refractivity contribution in [2.45, 2.75) is 244 Å². The highest BCUT2D eigenvalue weighted by Gasteiger charge is 2.24. The smallest absolute Gasteiger partial charge is 0.306 e. The van der Waals surface area contributed by atoms with E-state index in [0.717, 1.165) is 70.6 Å². The zero-order valence-electron chi connectivity index (χ0n) is 35.1. The first-order chi connectivity index (χ1) is 26.0. The third-order valence-electron chi connectivity index (χ3n) is 10.2. The number of hydrogen-bond donors (Lipinski definition) is 3. The average molecular weight is 746 g/mol. The Kier molecular flexibility index (Phi) is 39.8. The van der Waals surface area contributed by atoms with Gasteiger partial charge in [0.2, 0.25) is 5.91 Å². The van der Waals surface area contributed by atoms with Crippen molar-refractivity contribution in [2.75, 3.05) is 6.61 Å². The first kappa shape index (κ1) is 51.1. The fourth-order valence-electron chi connectivity index (χ4n) is 6.72. The van der Waals surface area contributed by atoms with E-state index in [1.54, 1.807) is 0 Å². The number of nitrogens with one attached hydrogen (secondary N) is 1. The van der Waals surface area contributed by atoms with Crippen molar-refractivity contribution in [3.63, 3.8) is 0 Å². The van der Waals surface area contributed by atoms with Gasteiger partial charge in [0.15, 0.2) is 0 Å². The van der Waals surface area contributed by atoms with Crippen LogP contribution in [-0.2, 0) is 14.3 Å². The molecule has 310 valence electrons. The minimum absolute atomic E-state index is 0.0450. The summed E-state index contributed by atoms with van der Waals surface area (Å²) < 4.78 is 5.83. The Labute approximate surface area is 328 Å². The molecule has 6 nitrogen and oxygen atoms in total. The van der Waals surface area contributed by atoms with E-state index < -0.39 is 18.2 Å². The lowest BCUT2D eigenvalue weighted by atomic mass is 10.0. The van der Waals surface area contributed by atoms with E-state index in [0.29, 0.717) is 19.3 Å². The fraction of sp³-hybridized carbons (Fsp3) is 0.830. The number of carbonyl (C=O) groups is 2. The van der Waals surface area contributed by atoms with Crippen molar-refractivity contribution in [3.8, 4) is 0 Å². The Morgan fingerprint density at radius 1 is 0.547 bits per heavy atom. The second kappa shape index (κ2) is 41.2. The van der Waals surface area contributed by atoms with Gasteiger partial charge in [-0.05, 0) is 64.2 Å². The molecule has 1 amide bonds. The molecule has 3 unspecified atom stereocenters. The van der Waals surface area contributed by atoms with E-state index in [9.17, 15) is 19.8 Å². The molecule has 0 aliphatic carbocycles. The summed E-state index contributed by atoms with van der Waals surface area (Å²) in [7, 11) is 0. The lowest BCUT2D eigenvalue weighted by Gasteiger charge is -2.24. The highest BCUT2D eigenvalue weighted by molar-refractivity contribution is 5.77. The number of allylic oxidation sites excluding steroid dienone is 6. The average Bonchev–Trinajstić information content (AvgIpc) is 3.15. The van der Waals surface area contributed by atoms with Gasteiger partial charge in [-0.25, -0.2) is 0 Å². The molecule has 0 bridgehead atoms. The number of rotatable bonds is 40. The number of ether oxygens (including phenoxy) is 1. The van der Waals surface area contributed by atoms with E-state index in [-0.39, 0.29) is 31.3 Å². The summed E-state index contributed by atoms with van der Waals surface area (Å²) in [4.78, 5) is 25.8. The van der Waals surface area contributed by atoms with Gasteiger partial charge in [-0.15, -0.1) is 0 Å². The van der Waals surface area contributed by atoms with Crippen molar-refractivity contribution in [3.05, 3.63) is 36.5 Å². The monoisotopic (exact) mass is 746 g/mol. The predicted molar refractivity (Wildman–Crippen MR) is 227 cm³/mol. The van der Waals surface area contributed by atoms with Crippen LogP contribution in [0.3, 0.4) is 0 Å². The molecule has 0 rings (SSSR count). The van der Waals surface area contributed by atoms with Crippen LogP contribution in [0.15, 0.2) is 36.5 Å². The number of esters is 1. The normalized spacial score (nSPS) is 13.7. The molecule has 0 saturated heterocycles. The van der Waals surface area contributed by atoms with Crippen molar-refractivity contribution >= 4 is 11.9 Å². The maximum atomic E-state index is 13.1. The topological polar surface area (TPSA) is 95.9 Å². The summed E-state index contributed by atoms with van der Waals surface area (Å²) in [6.45, 7) is 6.37. The van der Waals surface area contributed by atoms with Crippen LogP contribution >= 0.6 is 0 Å². The van der Waals surface area contributed by atoms with E-state index in [1.807, 2.05) is 6.08 Å². The zero-order chi connectivity index (χ0) is 38.9. The van der Waals surface area contributed by atoms with Crippen LogP contribution in [0.25, 0.3) is 0 Å². The van der Waals surface area contributed by atoms with Gasteiger partial charge in [0.1, 0.15) is 6.10 Å². The van der Waals surface area contributed by atoms with Crippen LogP contribution in [0.4, 0.5) is 0 Å². The molecule has 0 spiro atoms. The maximum absolute atomic E-state index is 13.1. The molecule has 0 aromatic rings. The predicted octanol–water partition coefficient (Wildman–Crippen LogP) is 12.9. The first-order valence-electron chi connectivity index (χ1n) is 22.7. The minimum atomic E-state index is -0.796. The van der Waals surface area contributed by atoms with E-state index in [1.165, 1.54) is 103 Å². The second-order valence-corrected chi connectivity index (χ2v) is 15.4. The molecule has 0 radical (unpaired) electrons. The molecule has 0 fully saturated rings. The molecule has 3 atom stereocenters. The maximum Gasteiger partial charge on any atom is 0.306 e. The van der Waals surface area contributed by atoms with Gasteiger partial charge in [-0.2, -0.15) is 0 Å². The Morgan fingerprint density at radius 3 is 1.55 bits per heavy atom. The fourth-order valence-corrected chi connectivity index (χ4v) is 6.72. The summed E-state index contributed by atoms with van der Waals surface area (Å²) in [6.07, 6.45) is 46.5. The number of carbonyl (C=O) groups excluding carboxylic acids is 2. The van der Waals surface area contributed by atoms with Crippen LogP contribution in [0, 0.1) is 0 Å². The quantitative estimate of drug-likeness (QED) is 0.0330. The summed E-state index contributed by atoms with van der Waals surface area (Å²) in [5.74, 6) is -0.573. The van der Waals surface area contributed by atoms with Gasteiger partial charge in [0.05, 0.1) is 25.2 Å². The molecular weight excluding hydrogens is 659 g/mol. The molecule has 0 aromatic carbocycles. The molecule has 0 saturated carbocycles. The van der Waals surface area contributed by atoms with Gasteiger partial charge >= 0.3 is 5.97 Å². The summed E-state index contributed by atoms with van der Waals surface area (Å²) >= 11 is 0. The highest BCUT2D eigenvalue weighted by Crippen LogP contribution is 2.16. The molecule has 0 aliphatic rings. The van der Waals surface area contributed by atoms with Gasteiger partial charge < -0.3 is 20.3 Å². The SMILES string of the molecule is CCC/C=C\CCCCCC(CC(=O)NC(CO)C(O)CCCCCCCCCCCCCCC)OC(=O)CC/C=C/C/C=C\CCCCCCCC. The lowest BCUT2D eigenvalue weighted by molar-refractivity contribution is -0.150. The molecule has 0 aliphatic heterocycles. The summed E-state index contributed by atoms with van der Waals surface area (Å²) in [5.41, 5.74) is 0. The van der Waals surface area contributed by atoms with Gasteiger partial charge in [0.25, 0.3) is 0 Å². The zero-order valence-corrected chi connectivity index (χ0v) is 35.1. The van der Waals surface area contributed by atoms with E-state index in [4.69, 9.17) is 4.74 Å². The Bertz CT molecular complexity index is 884. The Hall–Kier alpha value is -1.92. The van der Waals surface area contributed by atoms with Crippen LogP contribution in [0.5, 0.6) is 0 Å². The molecule has 3 N–H and O–H groups in total. The number of unbranched alkanes of at least 4 members (excludes halogenated alkanes) is 22. The van der Waals surface area contributed by atoms with Crippen molar-refractivity contribution in [1.29, 1.82) is 0 Å². The van der Waals surface area contributed by atoms with Crippen molar-refractivity contribution < 1.29 is 24.5 Å². The lowest BCUT2D eigenvalue weighted by Crippen LogP contribution is -2.46. The van der Waals surface area contributed by atoms with Crippen molar-refractivity contribution in [1.82, 2.24) is 5.32 Å². The summed E-state index contributed by atoms with van der Waals surface area (Å²) in [6, 6.07) is -0.712. The van der Waals surface area contributed by atoms with E-state index in [2.05, 4.69) is 56.5 Å². The first-order valence-corrected chi connectivity index (χ1v) is 22.7. The molecule has 53 heavy (non-hydrogen) atoms. The summed E-state index contributed by atoms with van der Waals surface area (Å²) in [5, 5.41) is 23.6. The number of aliphatic hydroxyl groups is 2. The third-order valence-corrected chi connectivity index (χ3v) is 10.2. The van der Waals surface area contributed by atoms with Crippen LogP contribution in [0.2, 0.25) is 0 Å². The number of amides is 1. The number of hydrogen-bond acceptors (Lipinski definition) is 5. The van der Waals surface area contributed by atoms with Crippen molar-refractivity contribution in [2.24, 2.45) is 0 Å². The molecule has 0 heterocycles. The Balaban J connectivity index is 4.56. The number of aliphatic hydroxyl groups excluding tert-OH is 2. The standard InChI is InChI=1S/C47H87NO5/c1-4-7-10-13-16-19-21-23-25-27-30-33-36-39-45(50)44(42-49)48-46(51)41-43(38-35-32-29-18-15-12-9-6-3)53-47(52)40-37-34-31-28-26-24-22-20-17-14-11-8-5-2/h12,15,24,26,31,34,43-45,49-50H,4-11,13-14,16-23,25,27-30,32-33,35-42H2,1-3H3,(H,48,51)/b15-12-,26-24-,34-31+.